The van der Waals surface area contributed by atoms with Gasteiger partial charge in [0.1, 0.15) is 0 Å². The fourth-order valence-corrected chi connectivity index (χ4v) is 3.12. The van der Waals surface area contributed by atoms with Gasteiger partial charge in [-0.2, -0.15) is 0 Å². The average molecular weight is 252 g/mol. The van der Waals surface area contributed by atoms with Crippen LogP contribution < -0.4 is 5.32 Å². The predicted molar refractivity (Wildman–Crippen MR) is 70.2 cm³/mol. The van der Waals surface area contributed by atoms with E-state index in [1.54, 1.807) is 20.8 Å². The van der Waals surface area contributed by atoms with Crippen molar-refractivity contribution in [2.75, 3.05) is 7.05 Å². The van der Waals surface area contributed by atoms with E-state index < -0.39 is 11.3 Å². The molecule has 2 rings (SSSR count). The molecule has 4 nitrogen and oxygen atoms in total. The summed E-state index contributed by atoms with van der Waals surface area (Å²) in [5, 5.41) is 2.93. The van der Waals surface area contributed by atoms with Gasteiger partial charge in [-0.05, 0) is 32.7 Å². The van der Waals surface area contributed by atoms with E-state index in [9.17, 15) is 9.59 Å². The Balaban J connectivity index is 1.92. The number of nitrogens with one attached hydrogen (secondary N) is 1. The molecule has 0 saturated carbocycles. The highest BCUT2D eigenvalue weighted by molar-refractivity contribution is 6.37. The van der Waals surface area contributed by atoms with Crippen molar-refractivity contribution in [3.63, 3.8) is 0 Å². The van der Waals surface area contributed by atoms with Gasteiger partial charge in [0, 0.05) is 23.5 Å². The Morgan fingerprint density at radius 3 is 2.06 bits per heavy atom. The van der Waals surface area contributed by atoms with Crippen molar-refractivity contribution in [2.24, 2.45) is 5.41 Å². The molecule has 18 heavy (non-hydrogen) atoms. The van der Waals surface area contributed by atoms with Crippen LogP contribution in [0.15, 0.2) is 0 Å². The van der Waals surface area contributed by atoms with E-state index in [0.717, 1.165) is 12.8 Å². The molecule has 2 saturated heterocycles. The van der Waals surface area contributed by atoms with E-state index in [4.69, 9.17) is 0 Å². The summed E-state index contributed by atoms with van der Waals surface area (Å²) in [5.41, 5.74) is -0.589. The molecule has 0 aliphatic carbocycles. The number of carbonyl (C=O) groups is 2. The van der Waals surface area contributed by atoms with Crippen LogP contribution in [0.25, 0.3) is 0 Å². The lowest BCUT2D eigenvalue weighted by molar-refractivity contribution is -0.143. The van der Waals surface area contributed by atoms with Crippen LogP contribution in [-0.4, -0.2) is 41.8 Å². The number of Topliss-reactive ketones (excluding diaryl/α,β-unsaturated/α-hetero) is 1. The zero-order valence-electron chi connectivity index (χ0n) is 11.8. The van der Waals surface area contributed by atoms with Crippen molar-refractivity contribution < 1.29 is 9.59 Å². The molecule has 2 unspecified atom stereocenters. The topological polar surface area (TPSA) is 49.4 Å². The summed E-state index contributed by atoms with van der Waals surface area (Å²) < 4.78 is 0. The molecule has 0 aromatic heterocycles. The number of fused-ring (bicyclic) bond motifs is 2. The molecule has 2 atom stereocenters. The second kappa shape index (κ2) is 4.65. The van der Waals surface area contributed by atoms with E-state index in [-0.39, 0.29) is 11.8 Å². The molecular formula is C14H24N2O2. The molecule has 0 spiro atoms. The van der Waals surface area contributed by atoms with Gasteiger partial charge in [0.05, 0.1) is 0 Å². The van der Waals surface area contributed by atoms with Crippen LogP contribution >= 0.6 is 0 Å². The second-order valence-corrected chi connectivity index (χ2v) is 6.77. The van der Waals surface area contributed by atoms with Gasteiger partial charge in [-0.15, -0.1) is 0 Å². The zero-order chi connectivity index (χ0) is 13.5. The molecule has 2 fully saturated rings. The van der Waals surface area contributed by atoms with Crippen LogP contribution in [-0.2, 0) is 9.59 Å². The Labute approximate surface area is 109 Å². The van der Waals surface area contributed by atoms with Gasteiger partial charge >= 0.3 is 0 Å². The summed E-state index contributed by atoms with van der Waals surface area (Å²) in [6, 6.07) is 1.34. The normalized spacial score (nSPS) is 32.3. The van der Waals surface area contributed by atoms with E-state index in [1.165, 1.54) is 12.8 Å². The van der Waals surface area contributed by atoms with Crippen LogP contribution in [0.4, 0.5) is 0 Å². The summed E-state index contributed by atoms with van der Waals surface area (Å²) in [6.45, 7) is 5.35. The highest BCUT2D eigenvalue weighted by Gasteiger charge is 2.40. The summed E-state index contributed by atoms with van der Waals surface area (Å²) in [6.07, 6.45) is 4.41. The van der Waals surface area contributed by atoms with Gasteiger partial charge in [-0.1, -0.05) is 20.8 Å². The van der Waals surface area contributed by atoms with E-state index in [0.29, 0.717) is 12.1 Å². The number of nitrogens with zero attached hydrogens (tertiary/aromatic N) is 1. The quantitative estimate of drug-likeness (QED) is 0.755. The van der Waals surface area contributed by atoms with E-state index >= 15 is 0 Å². The molecule has 2 bridgehead atoms. The first kappa shape index (κ1) is 13.5. The Morgan fingerprint density at radius 2 is 1.61 bits per heavy atom. The number of hydrogen-bond acceptors (Lipinski definition) is 3. The van der Waals surface area contributed by atoms with Crippen molar-refractivity contribution in [1.29, 1.82) is 0 Å². The molecule has 2 heterocycles. The predicted octanol–water partition coefficient (Wildman–Crippen LogP) is 1.34. The first-order chi connectivity index (χ1) is 8.29. The second-order valence-electron chi connectivity index (χ2n) is 6.77. The van der Waals surface area contributed by atoms with E-state index in [2.05, 4.69) is 17.3 Å². The summed E-state index contributed by atoms with van der Waals surface area (Å²) >= 11 is 0. The van der Waals surface area contributed by atoms with Crippen molar-refractivity contribution in [1.82, 2.24) is 10.2 Å². The van der Waals surface area contributed by atoms with Gasteiger partial charge in [0.2, 0.25) is 5.78 Å². The number of amides is 1. The number of rotatable bonds is 2. The Morgan fingerprint density at radius 1 is 1.11 bits per heavy atom. The molecule has 0 aromatic carbocycles. The van der Waals surface area contributed by atoms with Crippen molar-refractivity contribution in [2.45, 2.75) is 64.6 Å². The standard InChI is InChI=1S/C14H24N2O2/c1-14(2,3)12(17)13(18)15-9-7-10-5-6-11(8-9)16(10)4/h9-11H,5-8H2,1-4H3,(H,15,18). The van der Waals surface area contributed by atoms with Gasteiger partial charge in [-0.25, -0.2) is 0 Å². The summed E-state index contributed by atoms with van der Waals surface area (Å²) in [4.78, 5) is 26.2. The lowest BCUT2D eigenvalue weighted by Gasteiger charge is -2.36. The number of ketones is 1. The van der Waals surface area contributed by atoms with Crippen molar-refractivity contribution >= 4 is 11.7 Å². The Kier molecular flexibility index (Phi) is 3.49. The molecule has 0 radical (unpaired) electrons. The fourth-order valence-electron chi connectivity index (χ4n) is 3.12. The van der Waals surface area contributed by atoms with Crippen molar-refractivity contribution in [3.05, 3.63) is 0 Å². The van der Waals surface area contributed by atoms with Crippen LogP contribution in [0.5, 0.6) is 0 Å². The maximum absolute atomic E-state index is 11.9. The molecule has 2 aliphatic heterocycles. The van der Waals surface area contributed by atoms with Crippen molar-refractivity contribution in [3.8, 4) is 0 Å². The van der Waals surface area contributed by atoms with Gasteiger partial charge in [0.25, 0.3) is 5.91 Å². The largest absolute Gasteiger partial charge is 0.347 e. The molecular weight excluding hydrogens is 228 g/mol. The van der Waals surface area contributed by atoms with Gasteiger partial charge < -0.3 is 10.2 Å². The fraction of sp³-hybridized carbons (Fsp3) is 0.857. The molecule has 4 heteroatoms. The molecule has 2 aliphatic rings. The minimum atomic E-state index is -0.589. The van der Waals surface area contributed by atoms with E-state index in [1.807, 2.05) is 0 Å². The molecule has 1 N–H and O–H groups in total. The van der Waals surface area contributed by atoms with Crippen LogP contribution in [0, 0.1) is 5.41 Å². The monoisotopic (exact) mass is 252 g/mol. The lowest BCUT2D eigenvalue weighted by Crippen LogP contribution is -2.51. The number of piperidine rings is 1. The molecule has 102 valence electrons. The Hall–Kier alpha value is -0.900. The zero-order valence-corrected chi connectivity index (χ0v) is 11.8. The average Bonchev–Trinajstić information content (AvgIpc) is 2.51. The van der Waals surface area contributed by atoms with Gasteiger partial charge in [0.15, 0.2) is 0 Å². The highest BCUT2D eigenvalue weighted by Crippen LogP contribution is 2.34. The van der Waals surface area contributed by atoms with Gasteiger partial charge in [-0.3, -0.25) is 9.59 Å². The van der Waals surface area contributed by atoms with Crippen LogP contribution in [0.1, 0.15) is 46.5 Å². The van der Waals surface area contributed by atoms with Crippen LogP contribution in [0.2, 0.25) is 0 Å². The third-order valence-electron chi connectivity index (χ3n) is 4.32. The summed E-state index contributed by atoms with van der Waals surface area (Å²) in [7, 11) is 2.17. The third kappa shape index (κ3) is 2.58. The molecule has 1 amide bonds. The summed E-state index contributed by atoms with van der Waals surface area (Å²) in [5.74, 6) is -0.717. The Bertz CT molecular complexity index is 345. The number of carbonyl (C=O) groups excluding carboxylic acids is 2. The lowest BCUT2D eigenvalue weighted by atomic mass is 9.89. The minimum absolute atomic E-state index is 0.178. The maximum Gasteiger partial charge on any atom is 0.288 e. The minimum Gasteiger partial charge on any atom is -0.347 e. The third-order valence-corrected chi connectivity index (χ3v) is 4.32. The first-order valence-electron chi connectivity index (χ1n) is 6.86. The highest BCUT2D eigenvalue weighted by atomic mass is 16.2. The molecule has 0 aromatic rings. The maximum atomic E-state index is 11.9. The smallest absolute Gasteiger partial charge is 0.288 e. The number of hydrogen-bond donors (Lipinski definition) is 1. The SMILES string of the molecule is CN1C2CCC1CC(NC(=O)C(=O)C(C)(C)C)C2. The van der Waals surface area contributed by atoms with Crippen LogP contribution in [0.3, 0.4) is 0 Å². The first-order valence-corrected chi connectivity index (χ1v) is 6.86.